The first-order valence-electron chi connectivity index (χ1n) is 18.9. The summed E-state index contributed by atoms with van der Waals surface area (Å²) in [7, 11) is 0. The van der Waals surface area contributed by atoms with E-state index in [4.69, 9.17) is 4.74 Å². The Hall–Kier alpha value is -6.64. The van der Waals surface area contributed by atoms with Crippen molar-refractivity contribution in [1.29, 1.82) is 0 Å². The van der Waals surface area contributed by atoms with E-state index in [1.165, 1.54) is 66.8 Å². The van der Waals surface area contributed by atoms with E-state index in [-0.39, 0.29) is 5.41 Å². The highest BCUT2D eigenvalue weighted by molar-refractivity contribution is 5.94. The van der Waals surface area contributed by atoms with E-state index in [1.54, 1.807) is 0 Å². The van der Waals surface area contributed by atoms with Crippen molar-refractivity contribution < 1.29 is 4.74 Å². The molecular weight excluding hydrogens is 655 g/mol. The van der Waals surface area contributed by atoms with Crippen LogP contribution in [0.2, 0.25) is 0 Å². The van der Waals surface area contributed by atoms with Gasteiger partial charge in [-0.3, -0.25) is 0 Å². The van der Waals surface area contributed by atoms with Crippen LogP contribution in [0, 0.1) is 0 Å². The number of nitrogens with zero attached hydrogens (tertiary/aromatic N) is 1. The normalized spacial score (nSPS) is 14.6. The zero-order chi connectivity index (χ0) is 36.0. The number of ether oxygens (including phenoxy) is 1. The summed E-state index contributed by atoms with van der Waals surface area (Å²) in [6.07, 6.45) is 0. The van der Waals surface area contributed by atoms with Crippen molar-refractivity contribution in [3.8, 4) is 44.9 Å². The Kier molecular flexibility index (Phi) is 6.55. The van der Waals surface area contributed by atoms with Gasteiger partial charge in [-0.25, -0.2) is 0 Å². The lowest BCUT2D eigenvalue weighted by Crippen LogP contribution is -2.32. The highest BCUT2D eigenvalue weighted by Gasteiger charge is 2.51. The number of hydrogen-bond donors (Lipinski definition) is 0. The molecule has 1 heterocycles. The smallest absolute Gasteiger partial charge is 0.132 e. The van der Waals surface area contributed by atoms with E-state index in [0.29, 0.717) is 0 Å². The molecule has 0 unspecified atom stereocenters. The summed E-state index contributed by atoms with van der Waals surface area (Å²) in [6, 6.07) is 68.8. The van der Waals surface area contributed by atoms with Gasteiger partial charge in [0.05, 0.1) is 11.1 Å². The molecule has 0 aromatic heterocycles. The zero-order valence-corrected chi connectivity index (χ0v) is 30.3. The van der Waals surface area contributed by atoms with Crippen molar-refractivity contribution in [3.05, 3.63) is 221 Å². The molecule has 0 amide bonds. The van der Waals surface area contributed by atoms with E-state index in [2.05, 4.69) is 207 Å². The molecule has 8 aromatic carbocycles. The fourth-order valence-corrected chi connectivity index (χ4v) is 9.78. The third-order valence-corrected chi connectivity index (χ3v) is 12.1. The minimum Gasteiger partial charge on any atom is -0.457 e. The van der Waals surface area contributed by atoms with E-state index >= 15 is 0 Å². The molecule has 2 aliphatic carbocycles. The van der Waals surface area contributed by atoms with E-state index in [1.807, 2.05) is 0 Å². The fraction of sp³-hybridized carbons (Fsp3) is 0.0769. The van der Waals surface area contributed by atoms with Crippen molar-refractivity contribution in [3.63, 3.8) is 0 Å². The Labute approximate surface area is 316 Å². The van der Waals surface area contributed by atoms with Crippen LogP contribution >= 0.6 is 0 Å². The second-order valence-electron chi connectivity index (χ2n) is 15.2. The van der Waals surface area contributed by atoms with Crippen LogP contribution in [0.25, 0.3) is 33.4 Å². The monoisotopic (exact) mass is 691 g/mol. The minimum atomic E-state index is -0.508. The van der Waals surface area contributed by atoms with Crippen molar-refractivity contribution in [2.45, 2.75) is 24.7 Å². The van der Waals surface area contributed by atoms with Crippen LogP contribution in [0.5, 0.6) is 11.5 Å². The lowest BCUT2D eigenvalue weighted by Gasteiger charge is -2.39. The standard InChI is InChI=1S/C52H37NO/c1-51(2)42-21-9-6-19-38(42)40-30-28-36(33-47(40)51)53(48-25-13-8-18-37(48)34-16-4-3-5-17-34)35-29-31-44-41(32-35)39-20-7-10-22-43(39)52(44)45-23-11-14-26-49(45)54-50-27-15-12-24-46(50)52/h3-33H,1-2H3. The maximum Gasteiger partial charge on any atom is 0.132 e. The van der Waals surface area contributed by atoms with Crippen molar-refractivity contribution in [2.24, 2.45) is 0 Å². The van der Waals surface area contributed by atoms with Gasteiger partial charge in [0.25, 0.3) is 0 Å². The van der Waals surface area contributed by atoms with Gasteiger partial charge in [0.1, 0.15) is 11.5 Å². The number of rotatable bonds is 4. The Bertz CT molecular complexity index is 2750. The van der Waals surface area contributed by atoms with Gasteiger partial charge in [0.15, 0.2) is 0 Å². The Morgan fingerprint density at radius 2 is 0.870 bits per heavy atom. The minimum absolute atomic E-state index is 0.125. The van der Waals surface area contributed by atoms with E-state index in [0.717, 1.165) is 28.6 Å². The Balaban J connectivity index is 1.18. The van der Waals surface area contributed by atoms with Gasteiger partial charge in [0.2, 0.25) is 0 Å². The SMILES string of the molecule is CC1(C)c2ccccc2-c2ccc(N(c3ccc4c(c3)-c3ccccc3C43c4ccccc4Oc4ccccc43)c3ccccc3-c3ccccc3)cc21. The molecule has 0 fully saturated rings. The molecule has 0 saturated carbocycles. The number of para-hydroxylation sites is 3. The molecule has 11 rings (SSSR count). The Morgan fingerprint density at radius 1 is 0.370 bits per heavy atom. The first-order valence-corrected chi connectivity index (χ1v) is 18.9. The number of benzene rings is 8. The van der Waals surface area contributed by atoms with Gasteiger partial charge in [-0.1, -0.05) is 159 Å². The van der Waals surface area contributed by atoms with Gasteiger partial charge in [-0.15, -0.1) is 0 Å². The molecule has 3 aliphatic rings. The maximum absolute atomic E-state index is 6.60. The van der Waals surface area contributed by atoms with Crippen LogP contribution in [0.3, 0.4) is 0 Å². The maximum atomic E-state index is 6.60. The summed E-state index contributed by atoms with van der Waals surface area (Å²) < 4.78 is 6.60. The molecule has 1 spiro atoms. The number of fused-ring (bicyclic) bond motifs is 12. The third-order valence-electron chi connectivity index (χ3n) is 12.1. The predicted molar refractivity (Wildman–Crippen MR) is 222 cm³/mol. The fourth-order valence-electron chi connectivity index (χ4n) is 9.78. The van der Waals surface area contributed by atoms with Crippen molar-refractivity contribution in [2.75, 3.05) is 4.90 Å². The van der Waals surface area contributed by atoms with Gasteiger partial charge in [0, 0.05) is 33.5 Å². The van der Waals surface area contributed by atoms with E-state index < -0.39 is 5.41 Å². The van der Waals surface area contributed by atoms with Crippen LogP contribution in [0.1, 0.15) is 47.2 Å². The summed E-state index contributed by atoms with van der Waals surface area (Å²) in [5, 5.41) is 0. The molecule has 2 heteroatoms. The average Bonchev–Trinajstić information content (AvgIpc) is 3.64. The zero-order valence-electron chi connectivity index (χ0n) is 30.3. The highest BCUT2D eigenvalue weighted by atomic mass is 16.5. The molecular formula is C52H37NO. The quantitative estimate of drug-likeness (QED) is 0.182. The molecule has 2 nitrogen and oxygen atoms in total. The van der Waals surface area contributed by atoms with Crippen molar-refractivity contribution >= 4 is 17.1 Å². The second kappa shape index (κ2) is 11.4. The summed E-state index contributed by atoms with van der Waals surface area (Å²) in [5.74, 6) is 1.81. The second-order valence-corrected chi connectivity index (χ2v) is 15.2. The average molecular weight is 692 g/mol. The van der Waals surface area contributed by atoms with Crippen LogP contribution in [0.4, 0.5) is 17.1 Å². The first-order chi connectivity index (χ1) is 26.5. The largest absolute Gasteiger partial charge is 0.457 e. The summed E-state index contributed by atoms with van der Waals surface area (Å²) >= 11 is 0. The van der Waals surface area contributed by atoms with Gasteiger partial charge >= 0.3 is 0 Å². The third kappa shape index (κ3) is 4.17. The topological polar surface area (TPSA) is 12.5 Å². The van der Waals surface area contributed by atoms with Gasteiger partial charge in [-0.05, 0) is 92.5 Å². The molecule has 1 aliphatic heterocycles. The highest BCUT2D eigenvalue weighted by Crippen LogP contribution is 2.62. The van der Waals surface area contributed by atoms with Crippen molar-refractivity contribution in [1.82, 2.24) is 0 Å². The lowest BCUT2D eigenvalue weighted by molar-refractivity contribution is 0.436. The molecule has 256 valence electrons. The molecule has 0 atom stereocenters. The number of anilines is 3. The molecule has 0 radical (unpaired) electrons. The first kappa shape index (κ1) is 30.9. The summed E-state index contributed by atoms with van der Waals surface area (Å²) in [4.78, 5) is 2.47. The molecule has 54 heavy (non-hydrogen) atoms. The summed E-state index contributed by atoms with van der Waals surface area (Å²) in [5.41, 5.74) is 17.9. The molecule has 0 N–H and O–H groups in total. The van der Waals surface area contributed by atoms with Crippen LogP contribution in [-0.2, 0) is 10.8 Å². The lowest BCUT2D eigenvalue weighted by atomic mass is 9.66. The Morgan fingerprint density at radius 3 is 1.59 bits per heavy atom. The van der Waals surface area contributed by atoms with E-state index in [9.17, 15) is 0 Å². The molecule has 8 aromatic rings. The molecule has 0 saturated heterocycles. The van der Waals surface area contributed by atoms with Gasteiger partial charge < -0.3 is 9.64 Å². The summed E-state index contributed by atoms with van der Waals surface area (Å²) in [6.45, 7) is 4.72. The van der Waals surface area contributed by atoms with Crippen LogP contribution in [-0.4, -0.2) is 0 Å². The predicted octanol–water partition coefficient (Wildman–Crippen LogP) is 13.6. The van der Waals surface area contributed by atoms with Gasteiger partial charge in [-0.2, -0.15) is 0 Å². The van der Waals surface area contributed by atoms with Crippen LogP contribution < -0.4 is 9.64 Å². The van der Waals surface area contributed by atoms with Crippen LogP contribution in [0.15, 0.2) is 188 Å². The molecule has 0 bridgehead atoms. The number of hydrogen-bond acceptors (Lipinski definition) is 2.